The fourth-order valence-electron chi connectivity index (χ4n) is 1.30. The van der Waals surface area contributed by atoms with E-state index in [9.17, 15) is 4.79 Å². The minimum Gasteiger partial charge on any atom is -0.477 e. The lowest BCUT2D eigenvalue weighted by molar-refractivity contribution is -0.129. The quantitative estimate of drug-likeness (QED) is 0.246. The van der Waals surface area contributed by atoms with E-state index < -0.39 is 5.97 Å². The van der Waals surface area contributed by atoms with E-state index in [-0.39, 0.29) is 5.71 Å². The number of halogens is 1. The number of unbranched alkanes of at least 4 members (excludes halogenated alkanes) is 6. The summed E-state index contributed by atoms with van der Waals surface area (Å²) in [5, 5.41) is 13.0. The van der Waals surface area contributed by atoms with Crippen molar-refractivity contribution in [2.45, 2.75) is 72.1 Å². The first kappa shape index (κ1) is 21.7. The van der Waals surface area contributed by atoms with Crippen molar-refractivity contribution >= 4 is 27.6 Å². The number of carboxylic acids is 1. The number of aliphatic carboxylic acids is 1. The maximum absolute atomic E-state index is 10.3. The van der Waals surface area contributed by atoms with Gasteiger partial charge in [0.15, 0.2) is 5.71 Å². The topological polar surface area (TPSA) is 58.9 Å². The molecule has 0 fully saturated rings. The van der Waals surface area contributed by atoms with Crippen LogP contribution in [-0.4, -0.2) is 28.7 Å². The molecule has 0 aromatic rings. The third-order valence-corrected chi connectivity index (χ3v) is 3.15. The Labute approximate surface area is 132 Å². The molecule has 0 rings (SSSR count). The average Bonchev–Trinajstić information content (AvgIpc) is 2.43. The molecule has 0 saturated carbocycles. The van der Waals surface area contributed by atoms with Crippen molar-refractivity contribution in [3.63, 3.8) is 0 Å². The number of hydrogen-bond acceptors (Lipinski definition) is 3. The van der Waals surface area contributed by atoms with Gasteiger partial charge in [0, 0.05) is 5.33 Å². The highest BCUT2D eigenvalue weighted by Gasteiger charge is 2.00. The summed E-state index contributed by atoms with van der Waals surface area (Å²) in [6, 6.07) is 0. The van der Waals surface area contributed by atoms with Crippen LogP contribution < -0.4 is 0 Å². The number of nitrogens with zero attached hydrogens (tertiary/aromatic N) is 1. The van der Waals surface area contributed by atoms with Crippen molar-refractivity contribution in [2.24, 2.45) is 5.16 Å². The monoisotopic (exact) mass is 351 g/mol. The Balaban J connectivity index is 0. The Morgan fingerprint density at radius 2 is 1.60 bits per heavy atom. The van der Waals surface area contributed by atoms with E-state index in [1.165, 1.54) is 50.8 Å². The van der Waals surface area contributed by atoms with Gasteiger partial charge in [-0.05, 0) is 26.2 Å². The second-order valence-electron chi connectivity index (χ2n) is 4.63. The smallest absolute Gasteiger partial charge is 0.353 e. The maximum Gasteiger partial charge on any atom is 0.353 e. The number of alkyl halides is 1. The molecule has 0 aliphatic heterocycles. The van der Waals surface area contributed by atoms with Gasteiger partial charge in [0.1, 0.15) is 6.61 Å². The average molecular weight is 352 g/mol. The van der Waals surface area contributed by atoms with Crippen molar-refractivity contribution in [3.05, 3.63) is 0 Å². The van der Waals surface area contributed by atoms with Crippen molar-refractivity contribution in [1.29, 1.82) is 0 Å². The van der Waals surface area contributed by atoms with Gasteiger partial charge in [-0.3, -0.25) is 0 Å². The SMILES string of the molecule is CCCCCCBr.CCCCCCON=C(C)C(=O)O. The molecule has 0 saturated heterocycles. The second-order valence-corrected chi connectivity index (χ2v) is 5.42. The Bertz CT molecular complexity index is 241. The zero-order chi connectivity index (χ0) is 15.6. The Morgan fingerprint density at radius 3 is 2.05 bits per heavy atom. The van der Waals surface area contributed by atoms with Crippen LogP contribution in [-0.2, 0) is 9.63 Å². The summed E-state index contributed by atoms with van der Waals surface area (Å²) in [5.74, 6) is -1.03. The van der Waals surface area contributed by atoms with Gasteiger partial charge in [-0.25, -0.2) is 4.79 Å². The van der Waals surface area contributed by atoms with Crippen LogP contribution in [0.2, 0.25) is 0 Å². The number of oxime groups is 1. The first-order valence-electron chi connectivity index (χ1n) is 7.55. The van der Waals surface area contributed by atoms with Crippen molar-refractivity contribution in [3.8, 4) is 0 Å². The van der Waals surface area contributed by atoms with E-state index in [0.717, 1.165) is 12.8 Å². The summed E-state index contributed by atoms with van der Waals surface area (Å²) in [4.78, 5) is 15.1. The molecule has 4 nitrogen and oxygen atoms in total. The van der Waals surface area contributed by atoms with Gasteiger partial charge in [0.2, 0.25) is 0 Å². The lowest BCUT2D eigenvalue weighted by atomic mass is 10.2. The first-order valence-corrected chi connectivity index (χ1v) is 8.68. The number of rotatable bonds is 11. The van der Waals surface area contributed by atoms with Crippen LogP contribution in [0.5, 0.6) is 0 Å². The van der Waals surface area contributed by atoms with Gasteiger partial charge >= 0.3 is 5.97 Å². The van der Waals surface area contributed by atoms with E-state index in [4.69, 9.17) is 9.94 Å². The zero-order valence-corrected chi connectivity index (χ0v) is 14.7. The summed E-state index contributed by atoms with van der Waals surface area (Å²) in [6.07, 6.45) is 9.87. The van der Waals surface area contributed by atoms with Crippen molar-refractivity contribution in [1.82, 2.24) is 0 Å². The molecule has 0 aromatic heterocycles. The zero-order valence-electron chi connectivity index (χ0n) is 13.2. The number of carboxylic acid groups (broad SMARTS) is 1. The lowest BCUT2D eigenvalue weighted by Crippen LogP contribution is -2.08. The molecule has 1 N–H and O–H groups in total. The summed E-state index contributed by atoms with van der Waals surface area (Å²) < 4.78 is 0. The normalized spacial score (nSPS) is 10.7. The van der Waals surface area contributed by atoms with Gasteiger partial charge in [-0.2, -0.15) is 0 Å². The molecule has 5 heteroatoms. The molecule has 0 bridgehead atoms. The summed E-state index contributed by atoms with van der Waals surface area (Å²) in [6.45, 7) is 6.28. The molecule has 0 atom stereocenters. The van der Waals surface area contributed by atoms with E-state index in [2.05, 4.69) is 34.9 Å². The number of hydrogen-bond donors (Lipinski definition) is 1. The van der Waals surface area contributed by atoms with Gasteiger partial charge < -0.3 is 9.94 Å². The third kappa shape index (κ3) is 19.8. The Kier molecular flexibility index (Phi) is 20.0. The van der Waals surface area contributed by atoms with Crippen LogP contribution in [0.3, 0.4) is 0 Å². The highest BCUT2D eigenvalue weighted by atomic mass is 79.9. The highest BCUT2D eigenvalue weighted by Crippen LogP contribution is 2.00. The van der Waals surface area contributed by atoms with Crippen LogP contribution in [0.4, 0.5) is 0 Å². The Hall–Kier alpha value is -0.580. The van der Waals surface area contributed by atoms with Gasteiger partial charge in [0.05, 0.1) is 0 Å². The van der Waals surface area contributed by atoms with Crippen molar-refractivity contribution in [2.75, 3.05) is 11.9 Å². The van der Waals surface area contributed by atoms with Gasteiger partial charge in [-0.1, -0.05) is 67.0 Å². The predicted molar refractivity (Wildman–Crippen MR) is 88.8 cm³/mol. The molecule has 20 heavy (non-hydrogen) atoms. The molecule has 0 unspecified atom stereocenters. The predicted octanol–water partition coefficient (Wildman–Crippen LogP) is 5.01. The molecule has 0 radical (unpaired) electrons. The van der Waals surface area contributed by atoms with E-state index in [1.54, 1.807) is 0 Å². The molecule has 0 spiro atoms. The third-order valence-electron chi connectivity index (χ3n) is 2.59. The minimum absolute atomic E-state index is 0.00417. The molecule has 0 aliphatic rings. The standard InChI is InChI=1S/C9H17NO3.C6H13Br/c1-3-4-5-6-7-13-10-8(2)9(11)12;1-2-3-4-5-6-7/h3-7H2,1-2H3,(H,11,12);2-6H2,1H3. The van der Waals surface area contributed by atoms with Gasteiger partial charge in [0.25, 0.3) is 0 Å². The fraction of sp³-hybridized carbons (Fsp3) is 0.867. The minimum atomic E-state index is -1.03. The molecule has 0 heterocycles. The largest absolute Gasteiger partial charge is 0.477 e. The fourth-order valence-corrected chi connectivity index (χ4v) is 1.69. The Morgan fingerprint density at radius 1 is 1.05 bits per heavy atom. The highest BCUT2D eigenvalue weighted by molar-refractivity contribution is 9.09. The van der Waals surface area contributed by atoms with E-state index >= 15 is 0 Å². The van der Waals surface area contributed by atoms with E-state index in [0.29, 0.717) is 6.61 Å². The van der Waals surface area contributed by atoms with Crippen LogP contribution >= 0.6 is 15.9 Å². The summed E-state index contributed by atoms with van der Waals surface area (Å²) >= 11 is 3.38. The molecule has 0 amide bonds. The second kappa shape index (κ2) is 18.4. The van der Waals surface area contributed by atoms with Crippen LogP contribution in [0.15, 0.2) is 5.16 Å². The molecule has 120 valence electrons. The van der Waals surface area contributed by atoms with Crippen LogP contribution in [0.1, 0.15) is 72.1 Å². The van der Waals surface area contributed by atoms with Crippen LogP contribution in [0.25, 0.3) is 0 Å². The lowest BCUT2D eigenvalue weighted by Gasteiger charge is -1.98. The molecule has 0 aromatic carbocycles. The molecular formula is C15H30BrNO3. The van der Waals surface area contributed by atoms with Crippen LogP contribution in [0, 0.1) is 0 Å². The first-order chi connectivity index (χ1) is 9.59. The van der Waals surface area contributed by atoms with E-state index in [1.807, 2.05) is 0 Å². The van der Waals surface area contributed by atoms with Crippen molar-refractivity contribution < 1.29 is 14.7 Å². The maximum atomic E-state index is 10.3. The summed E-state index contributed by atoms with van der Waals surface area (Å²) in [5.41, 5.74) is -0.00417. The molecule has 0 aliphatic carbocycles. The molecular weight excluding hydrogens is 322 g/mol. The number of carbonyl (C=O) groups is 1. The summed E-state index contributed by atoms with van der Waals surface area (Å²) in [7, 11) is 0. The van der Waals surface area contributed by atoms with Gasteiger partial charge in [-0.15, -0.1) is 0 Å².